The van der Waals surface area contributed by atoms with Crippen molar-refractivity contribution in [1.29, 1.82) is 0 Å². The molecule has 0 saturated carbocycles. The van der Waals surface area contributed by atoms with E-state index in [0.29, 0.717) is 5.56 Å². The standard InChI is InChI=1S/C11H15NO2/c1-7-8(2)10(12-3)6-5-9(7)11(13)14-4/h5-6,12H,1-4H3. The third-order valence-corrected chi connectivity index (χ3v) is 2.46. The molecule has 0 radical (unpaired) electrons. The second kappa shape index (κ2) is 4.13. The highest BCUT2D eigenvalue weighted by atomic mass is 16.5. The second-order valence-electron chi connectivity index (χ2n) is 3.15. The molecular weight excluding hydrogens is 178 g/mol. The predicted octanol–water partition coefficient (Wildman–Crippen LogP) is 2.13. The van der Waals surface area contributed by atoms with E-state index in [1.807, 2.05) is 27.0 Å². The molecule has 0 aliphatic heterocycles. The third-order valence-electron chi connectivity index (χ3n) is 2.46. The van der Waals surface area contributed by atoms with E-state index in [2.05, 4.69) is 10.1 Å². The Balaban J connectivity index is 3.24. The molecule has 3 nitrogen and oxygen atoms in total. The maximum Gasteiger partial charge on any atom is 0.338 e. The summed E-state index contributed by atoms with van der Waals surface area (Å²) in [7, 11) is 3.25. The van der Waals surface area contributed by atoms with Crippen molar-refractivity contribution in [3.8, 4) is 0 Å². The lowest BCUT2D eigenvalue weighted by Gasteiger charge is -2.11. The Bertz CT molecular complexity index is 359. The summed E-state index contributed by atoms with van der Waals surface area (Å²) < 4.78 is 4.69. The minimum Gasteiger partial charge on any atom is -0.465 e. The smallest absolute Gasteiger partial charge is 0.338 e. The number of methoxy groups -OCH3 is 1. The van der Waals surface area contributed by atoms with Gasteiger partial charge in [-0.05, 0) is 37.1 Å². The summed E-state index contributed by atoms with van der Waals surface area (Å²) in [6.07, 6.45) is 0. The highest BCUT2D eigenvalue weighted by Crippen LogP contribution is 2.21. The number of benzene rings is 1. The van der Waals surface area contributed by atoms with Crippen LogP contribution in [0.25, 0.3) is 0 Å². The van der Waals surface area contributed by atoms with Crippen molar-refractivity contribution in [2.45, 2.75) is 13.8 Å². The normalized spacial score (nSPS) is 9.71. The SMILES string of the molecule is CNc1ccc(C(=O)OC)c(C)c1C. The molecule has 76 valence electrons. The molecule has 0 atom stereocenters. The largest absolute Gasteiger partial charge is 0.465 e. The maximum atomic E-state index is 11.3. The Hall–Kier alpha value is -1.51. The van der Waals surface area contributed by atoms with Gasteiger partial charge in [0.25, 0.3) is 0 Å². The van der Waals surface area contributed by atoms with Crippen LogP contribution in [0, 0.1) is 13.8 Å². The van der Waals surface area contributed by atoms with Crippen LogP contribution in [0.4, 0.5) is 5.69 Å². The monoisotopic (exact) mass is 193 g/mol. The van der Waals surface area contributed by atoms with Crippen molar-refractivity contribution >= 4 is 11.7 Å². The first-order valence-electron chi connectivity index (χ1n) is 4.48. The molecule has 0 spiro atoms. The molecule has 1 rings (SSSR count). The van der Waals surface area contributed by atoms with E-state index in [-0.39, 0.29) is 5.97 Å². The van der Waals surface area contributed by atoms with E-state index in [0.717, 1.165) is 16.8 Å². The Morgan fingerprint density at radius 2 is 1.93 bits per heavy atom. The molecule has 0 unspecified atom stereocenters. The number of ether oxygens (including phenoxy) is 1. The first-order valence-corrected chi connectivity index (χ1v) is 4.48. The van der Waals surface area contributed by atoms with E-state index in [4.69, 9.17) is 0 Å². The van der Waals surface area contributed by atoms with Crippen LogP contribution in [-0.4, -0.2) is 20.1 Å². The number of anilines is 1. The molecule has 0 fully saturated rings. The van der Waals surface area contributed by atoms with Gasteiger partial charge in [-0.25, -0.2) is 4.79 Å². The van der Waals surface area contributed by atoms with Gasteiger partial charge in [0.1, 0.15) is 0 Å². The molecule has 1 aromatic rings. The molecule has 0 amide bonds. The summed E-state index contributed by atoms with van der Waals surface area (Å²) in [6.45, 7) is 3.90. The number of carbonyl (C=O) groups excluding carboxylic acids is 1. The molecule has 3 heteroatoms. The van der Waals surface area contributed by atoms with Gasteiger partial charge in [0, 0.05) is 12.7 Å². The molecule has 0 bridgehead atoms. The number of hydrogen-bond donors (Lipinski definition) is 1. The van der Waals surface area contributed by atoms with Gasteiger partial charge in [-0.1, -0.05) is 0 Å². The van der Waals surface area contributed by atoms with Crippen LogP contribution in [0.2, 0.25) is 0 Å². The number of esters is 1. The topological polar surface area (TPSA) is 38.3 Å². The van der Waals surface area contributed by atoms with Crippen LogP contribution in [0.1, 0.15) is 21.5 Å². The molecule has 0 saturated heterocycles. The molecule has 1 aromatic carbocycles. The van der Waals surface area contributed by atoms with Crippen molar-refractivity contribution < 1.29 is 9.53 Å². The van der Waals surface area contributed by atoms with Crippen molar-refractivity contribution in [1.82, 2.24) is 0 Å². The molecule has 0 aromatic heterocycles. The van der Waals surface area contributed by atoms with E-state index in [9.17, 15) is 4.79 Å². The average molecular weight is 193 g/mol. The van der Waals surface area contributed by atoms with Crippen LogP contribution in [-0.2, 0) is 4.74 Å². The zero-order chi connectivity index (χ0) is 10.7. The fourth-order valence-corrected chi connectivity index (χ4v) is 1.42. The van der Waals surface area contributed by atoms with E-state index in [1.165, 1.54) is 7.11 Å². The lowest BCUT2D eigenvalue weighted by molar-refractivity contribution is 0.0600. The zero-order valence-electron chi connectivity index (χ0n) is 8.97. The van der Waals surface area contributed by atoms with Gasteiger partial charge < -0.3 is 10.1 Å². The van der Waals surface area contributed by atoms with Crippen molar-refractivity contribution in [2.24, 2.45) is 0 Å². The van der Waals surface area contributed by atoms with E-state index < -0.39 is 0 Å². The summed E-state index contributed by atoms with van der Waals surface area (Å²) in [5.74, 6) is -0.284. The third kappa shape index (κ3) is 1.71. The van der Waals surface area contributed by atoms with Crippen LogP contribution in [0.5, 0.6) is 0 Å². The summed E-state index contributed by atoms with van der Waals surface area (Å²) >= 11 is 0. The van der Waals surface area contributed by atoms with E-state index >= 15 is 0 Å². The molecule has 0 aliphatic rings. The highest BCUT2D eigenvalue weighted by Gasteiger charge is 2.11. The molecular formula is C11H15NO2. The summed E-state index contributed by atoms with van der Waals surface area (Å²) in [5.41, 5.74) is 3.71. The second-order valence-corrected chi connectivity index (χ2v) is 3.15. The fourth-order valence-electron chi connectivity index (χ4n) is 1.42. The predicted molar refractivity (Wildman–Crippen MR) is 56.8 cm³/mol. The number of rotatable bonds is 2. The van der Waals surface area contributed by atoms with Crippen molar-refractivity contribution in [3.63, 3.8) is 0 Å². The lowest BCUT2D eigenvalue weighted by atomic mass is 10.0. The Labute approximate surface area is 84.1 Å². The number of hydrogen-bond acceptors (Lipinski definition) is 3. The van der Waals surface area contributed by atoms with Gasteiger partial charge >= 0.3 is 5.97 Å². The van der Waals surface area contributed by atoms with Crippen LogP contribution < -0.4 is 5.32 Å². The molecule has 14 heavy (non-hydrogen) atoms. The van der Waals surface area contributed by atoms with Gasteiger partial charge in [0.05, 0.1) is 12.7 Å². The van der Waals surface area contributed by atoms with E-state index in [1.54, 1.807) is 6.07 Å². The molecule has 0 aliphatic carbocycles. The summed E-state index contributed by atoms with van der Waals surface area (Å²) in [5, 5.41) is 3.07. The van der Waals surface area contributed by atoms with Crippen molar-refractivity contribution in [2.75, 3.05) is 19.5 Å². The number of carbonyl (C=O) groups is 1. The summed E-state index contributed by atoms with van der Waals surface area (Å²) in [6, 6.07) is 3.66. The fraction of sp³-hybridized carbons (Fsp3) is 0.364. The van der Waals surface area contributed by atoms with Crippen molar-refractivity contribution in [3.05, 3.63) is 28.8 Å². The Morgan fingerprint density at radius 3 is 2.43 bits per heavy atom. The Kier molecular flexibility index (Phi) is 3.12. The van der Waals surface area contributed by atoms with Crippen LogP contribution in [0.3, 0.4) is 0 Å². The number of nitrogens with one attached hydrogen (secondary N) is 1. The van der Waals surface area contributed by atoms with Gasteiger partial charge in [-0.15, -0.1) is 0 Å². The highest BCUT2D eigenvalue weighted by molar-refractivity contribution is 5.92. The Morgan fingerprint density at radius 1 is 1.29 bits per heavy atom. The first-order chi connectivity index (χ1) is 6.61. The lowest BCUT2D eigenvalue weighted by Crippen LogP contribution is -2.06. The summed E-state index contributed by atoms with van der Waals surface area (Å²) in [4.78, 5) is 11.3. The van der Waals surface area contributed by atoms with Gasteiger partial charge in [0.2, 0.25) is 0 Å². The zero-order valence-corrected chi connectivity index (χ0v) is 8.97. The van der Waals surface area contributed by atoms with Crippen LogP contribution >= 0.6 is 0 Å². The quantitative estimate of drug-likeness (QED) is 0.731. The maximum absolute atomic E-state index is 11.3. The van der Waals surface area contributed by atoms with Gasteiger partial charge in [0.15, 0.2) is 0 Å². The minimum absolute atomic E-state index is 0.284. The van der Waals surface area contributed by atoms with Crippen LogP contribution in [0.15, 0.2) is 12.1 Å². The molecule has 0 heterocycles. The average Bonchev–Trinajstić information content (AvgIpc) is 2.21. The minimum atomic E-state index is -0.284. The first kappa shape index (κ1) is 10.6. The van der Waals surface area contributed by atoms with Gasteiger partial charge in [-0.3, -0.25) is 0 Å². The molecule has 1 N–H and O–H groups in total. The van der Waals surface area contributed by atoms with Gasteiger partial charge in [-0.2, -0.15) is 0 Å².